The highest BCUT2D eigenvalue weighted by molar-refractivity contribution is 7.89. The molecule has 0 saturated carbocycles. The fourth-order valence-electron chi connectivity index (χ4n) is 3.84. The third-order valence-electron chi connectivity index (χ3n) is 5.38. The summed E-state index contributed by atoms with van der Waals surface area (Å²) in [6, 6.07) is 14.6. The van der Waals surface area contributed by atoms with Crippen molar-refractivity contribution in [2.45, 2.75) is 37.3 Å². The van der Waals surface area contributed by atoms with Gasteiger partial charge in [0.25, 0.3) is 0 Å². The van der Waals surface area contributed by atoms with E-state index < -0.39 is 22.0 Å². The number of aliphatic carboxylic acids is 1. The molecule has 1 N–H and O–H groups in total. The number of aromatic nitrogens is 1. The first-order valence-electron chi connectivity index (χ1n) is 10.4. The van der Waals surface area contributed by atoms with Gasteiger partial charge in [0.2, 0.25) is 15.9 Å². The van der Waals surface area contributed by atoms with Crippen molar-refractivity contribution in [3.8, 4) is 11.6 Å². The minimum atomic E-state index is -3.89. The normalized spacial score (nSPS) is 16.8. The molecule has 0 bridgehead atoms. The first-order chi connectivity index (χ1) is 15.4. The lowest BCUT2D eigenvalue weighted by Gasteiger charge is -2.21. The van der Waals surface area contributed by atoms with Crippen LogP contribution >= 0.6 is 0 Å². The molecule has 1 aromatic heterocycles. The number of pyridine rings is 1. The molecule has 0 aliphatic carbocycles. The number of fused-ring (bicyclic) bond motifs is 1. The number of benzene rings is 2. The molecule has 1 aliphatic heterocycles. The van der Waals surface area contributed by atoms with Crippen LogP contribution in [0.25, 0.3) is 10.9 Å². The quantitative estimate of drug-likeness (QED) is 0.553. The number of carboxylic acid groups (broad SMARTS) is 1. The predicted octanol–water partition coefficient (Wildman–Crippen LogP) is 3.45. The van der Waals surface area contributed by atoms with Gasteiger partial charge in [-0.25, -0.2) is 13.4 Å². The average molecular weight is 457 g/mol. The Kier molecular flexibility index (Phi) is 6.29. The lowest BCUT2D eigenvalue weighted by atomic mass is 10.1. The summed E-state index contributed by atoms with van der Waals surface area (Å²) in [7, 11) is -3.89. The van der Waals surface area contributed by atoms with Crippen molar-refractivity contribution in [3.05, 3.63) is 60.2 Å². The molecule has 2 heterocycles. The standard InChI is InChI=1S/C23H24N2O6S/c1-2-30-22-14-16(19-6-3-4-7-20(19)24-22)15-31-17-9-11-18(12-10-17)32(28,29)25-13-5-8-21(25)23(26)27/h3-4,6-7,9-12,14,21H,2,5,8,13,15H2,1H3,(H,26,27)/t21-/m1/s1. The smallest absolute Gasteiger partial charge is 0.322 e. The van der Waals surface area contributed by atoms with Crippen LogP contribution in [-0.4, -0.2) is 48.0 Å². The zero-order valence-electron chi connectivity index (χ0n) is 17.6. The third-order valence-corrected chi connectivity index (χ3v) is 7.31. The van der Waals surface area contributed by atoms with Crippen molar-refractivity contribution in [2.75, 3.05) is 13.2 Å². The van der Waals surface area contributed by atoms with E-state index in [0.717, 1.165) is 20.8 Å². The van der Waals surface area contributed by atoms with Crippen molar-refractivity contribution in [1.82, 2.24) is 9.29 Å². The van der Waals surface area contributed by atoms with Crippen molar-refractivity contribution in [1.29, 1.82) is 0 Å². The van der Waals surface area contributed by atoms with Gasteiger partial charge in [-0.3, -0.25) is 4.79 Å². The van der Waals surface area contributed by atoms with Crippen molar-refractivity contribution < 1.29 is 27.8 Å². The van der Waals surface area contributed by atoms with Crippen LogP contribution in [0.4, 0.5) is 0 Å². The first-order valence-corrected chi connectivity index (χ1v) is 11.8. The predicted molar refractivity (Wildman–Crippen MR) is 118 cm³/mol. The second-order valence-electron chi connectivity index (χ2n) is 7.44. The summed E-state index contributed by atoms with van der Waals surface area (Å²) in [5.41, 5.74) is 1.70. The highest BCUT2D eigenvalue weighted by atomic mass is 32.2. The number of hydrogen-bond donors (Lipinski definition) is 1. The van der Waals surface area contributed by atoms with Gasteiger partial charge in [-0.1, -0.05) is 18.2 Å². The molecule has 1 fully saturated rings. The molecule has 8 nitrogen and oxygen atoms in total. The molecule has 1 aliphatic rings. The molecule has 3 aromatic rings. The van der Waals surface area contributed by atoms with Crippen molar-refractivity contribution >= 4 is 26.9 Å². The number of nitrogens with zero attached hydrogens (tertiary/aromatic N) is 2. The highest BCUT2D eigenvalue weighted by Gasteiger charge is 2.39. The molecule has 0 radical (unpaired) electrons. The molecule has 168 valence electrons. The number of para-hydroxylation sites is 1. The van der Waals surface area contributed by atoms with Gasteiger partial charge in [-0.15, -0.1) is 0 Å². The van der Waals surface area contributed by atoms with E-state index in [-0.39, 0.29) is 18.0 Å². The van der Waals surface area contributed by atoms with E-state index in [4.69, 9.17) is 9.47 Å². The summed E-state index contributed by atoms with van der Waals surface area (Å²) in [6.45, 7) is 2.85. The molecule has 9 heteroatoms. The van der Waals surface area contributed by atoms with E-state index in [0.29, 0.717) is 31.1 Å². The molecule has 1 atom stereocenters. The Morgan fingerprint density at radius 1 is 1.16 bits per heavy atom. The van der Waals surface area contributed by atoms with Crippen LogP contribution in [0.3, 0.4) is 0 Å². The molecule has 32 heavy (non-hydrogen) atoms. The van der Waals surface area contributed by atoms with Crippen LogP contribution in [0.5, 0.6) is 11.6 Å². The van der Waals surface area contributed by atoms with Gasteiger partial charge in [0.1, 0.15) is 18.4 Å². The molecule has 0 spiro atoms. The molecule has 0 unspecified atom stereocenters. The zero-order chi connectivity index (χ0) is 22.7. The number of ether oxygens (including phenoxy) is 2. The van der Waals surface area contributed by atoms with E-state index in [1.54, 1.807) is 12.1 Å². The van der Waals surface area contributed by atoms with Gasteiger partial charge in [-0.05, 0) is 50.1 Å². The maximum absolute atomic E-state index is 12.9. The van der Waals surface area contributed by atoms with Gasteiger partial charge in [0, 0.05) is 23.6 Å². The monoisotopic (exact) mass is 456 g/mol. The molecule has 4 rings (SSSR count). The topological polar surface area (TPSA) is 106 Å². The Morgan fingerprint density at radius 2 is 1.91 bits per heavy atom. The van der Waals surface area contributed by atoms with Crippen LogP contribution in [0.1, 0.15) is 25.3 Å². The summed E-state index contributed by atoms with van der Waals surface area (Å²) in [4.78, 5) is 15.9. The Balaban J connectivity index is 1.52. The molecular formula is C23H24N2O6S. The maximum Gasteiger partial charge on any atom is 0.322 e. The Morgan fingerprint density at radius 3 is 2.62 bits per heavy atom. The Bertz CT molecular complexity index is 1230. The average Bonchev–Trinajstić information content (AvgIpc) is 3.29. The minimum Gasteiger partial charge on any atom is -0.489 e. The third kappa shape index (κ3) is 4.39. The number of hydrogen-bond acceptors (Lipinski definition) is 6. The summed E-state index contributed by atoms with van der Waals surface area (Å²) >= 11 is 0. The van der Waals surface area contributed by atoms with Crippen LogP contribution in [0.15, 0.2) is 59.5 Å². The van der Waals surface area contributed by atoms with Gasteiger partial charge < -0.3 is 14.6 Å². The van der Waals surface area contributed by atoms with Gasteiger partial charge in [-0.2, -0.15) is 4.31 Å². The molecule has 0 amide bonds. The van der Waals surface area contributed by atoms with Crippen LogP contribution in [0, 0.1) is 0 Å². The molecule has 2 aromatic carbocycles. The number of carbonyl (C=O) groups is 1. The number of rotatable bonds is 8. The van der Waals surface area contributed by atoms with Crippen LogP contribution in [-0.2, 0) is 21.4 Å². The molecular weight excluding hydrogens is 432 g/mol. The van der Waals surface area contributed by atoms with E-state index in [9.17, 15) is 18.3 Å². The summed E-state index contributed by atoms with van der Waals surface area (Å²) in [6.07, 6.45) is 0.848. The fourth-order valence-corrected chi connectivity index (χ4v) is 5.49. The largest absolute Gasteiger partial charge is 0.489 e. The van der Waals surface area contributed by atoms with Gasteiger partial charge in [0.05, 0.1) is 17.0 Å². The second-order valence-corrected chi connectivity index (χ2v) is 9.33. The lowest BCUT2D eigenvalue weighted by molar-refractivity contribution is -0.140. The Hall–Kier alpha value is -3.17. The van der Waals surface area contributed by atoms with E-state index in [2.05, 4.69) is 4.98 Å². The SMILES string of the molecule is CCOc1cc(COc2ccc(S(=O)(=O)N3CCC[C@@H]3C(=O)O)cc2)c2ccccc2n1. The summed E-state index contributed by atoms with van der Waals surface area (Å²) < 4.78 is 38.3. The van der Waals surface area contributed by atoms with Crippen LogP contribution < -0.4 is 9.47 Å². The summed E-state index contributed by atoms with van der Waals surface area (Å²) in [5, 5.41) is 10.3. The maximum atomic E-state index is 12.9. The van der Waals surface area contributed by atoms with E-state index >= 15 is 0 Å². The molecule has 1 saturated heterocycles. The van der Waals surface area contributed by atoms with Crippen molar-refractivity contribution in [2.24, 2.45) is 0 Å². The fraction of sp³-hybridized carbons (Fsp3) is 0.304. The van der Waals surface area contributed by atoms with Crippen molar-refractivity contribution in [3.63, 3.8) is 0 Å². The number of carboxylic acids is 1. The van der Waals surface area contributed by atoms with Gasteiger partial charge in [0.15, 0.2) is 0 Å². The summed E-state index contributed by atoms with van der Waals surface area (Å²) in [5.74, 6) is -0.106. The highest BCUT2D eigenvalue weighted by Crippen LogP contribution is 2.28. The Labute approximate surface area is 186 Å². The minimum absolute atomic E-state index is 0.0472. The van der Waals surface area contributed by atoms with Crippen LogP contribution in [0.2, 0.25) is 0 Å². The van der Waals surface area contributed by atoms with Gasteiger partial charge >= 0.3 is 5.97 Å². The number of sulfonamides is 1. The lowest BCUT2D eigenvalue weighted by Crippen LogP contribution is -2.40. The zero-order valence-corrected chi connectivity index (χ0v) is 18.4. The van der Waals surface area contributed by atoms with E-state index in [1.807, 2.05) is 37.3 Å². The van der Waals surface area contributed by atoms with E-state index in [1.165, 1.54) is 12.1 Å². The second kappa shape index (κ2) is 9.13. The first kappa shape index (κ1) is 22.0.